The van der Waals surface area contributed by atoms with Crippen molar-refractivity contribution < 1.29 is 57.4 Å². The van der Waals surface area contributed by atoms with E-state index in [1.54, 1.807) is 121 Å². The standard InChI is InChI=1S/C22H21ClN2O2S.C21H17ClFNO3S.C20H15ClFNO3S.C20H16ClNO3S/c1-25(2)18-10-12-19(13-11-18)28(3,27)24-21-14-9-17(23)15-20(21)22(26)16-7-5-4-6-8-16;1-2-14-7-10-16(11-8-14)28(26,27)24-20-12-9-15(22)13-18(20)21(25)17-5-3-4-6-19(17)23;1-13-6-9-15(10-7-13)27(25,26)23-19-11-8-14(21)12-17(19)20(24)16-4-2-3-5-18(16)22;1-14-7-10-17(11-8-14)26(24,25)22-19-12-9-16(21)13-18(19)20(23)15-5-3-2-4-6-15/h4-15H,3H2,1-2H3,(H,24,27);3-13,24H,2H2,1H3;2-12,23H,1H3;2-13,22H,1H3. The van der Waals surface area contributed by atoms with Crippen LogP contribution in [0.2, 0.25) is 20.1 Å². The number of nitrogens with zero attached hydrogens (tertiary/aromatic N) is 1. The summed E-state index contributed by atoms with van der Waals surface area (Å²) in [6.45, 7) is 5.68. The summed E-state index contributed by atoms with van der Waals surface area (Å²) >= 11 is 24.1. The third-order valence-corrected chi connectivity index (χ3v) is 22.9. The van der Waals surface area contributed by atoms with Gasteiger partial charge in [0.2, 0.25) is 0 Å². The third-order valence-electron chi connectivity index (χ3n) is 16.3. The number of carbonyl (C=O) groups excluding carboxylic acids is 4. The molecule has 0 aromatic heterocycles. The molecule has 4 N–H and O–H groups in total. The van der Waals surface area contributed by atoms with E-state index in [4.69, 9.17) is 46.4 Å². The molecule has 0 spiro atoms. The number of carbonyl (C=O) groups is 4. The largest absolute Gasteiger partial charge is 0.378 e. The molecular weight excluding hydrogens is 1550 g/mol. The van der Waals surface area contributed by atoms with Crippen LogP contribution in [0.4, 0.5) is 37.2 Å². The summed E-state index contributed by atoms with van der Waals surface area (Å²) in [5.41, 5.74) is 5.62. The van der Waals surface area contributed by atoms with Crippen molar-refractivity contribution in [1.29, 1.82) is 0 Å². The van der Waals surface area contributed by atoms with Crippen molar-refractivity contribution in [3.05, 3.63) is 372 Å². The van der Waals surface area contributed by atoms with E-state index < -0.39 is 63.0 Å². The van der Waals surface area contributed by atoms with Crippen LogP contribution >= 0.6 is 46.4 Å². The van der Waals surface area contributed by atoms with Gasteiger partial charge in [0.25, 0.3) is 30.1 Å². The van der Waals surface area contributed by atoms with Gasteiger partial charge in [0.15, 0.2) is 23.1 Å². The fourth-order valence-corrected chi connectivity index (χ4v) is 15.5. The van der Waals surface area contributed by atoms with E-state index in [0.717, 1.165) is 40.9 Å². The molecule has 0 amide bonds. The van der Waals surface area contributed by atoms with Crippen molar-refractivity contribution in [2.75, 3.05) is 37.9 Å². The monoisotopic (exact) mass is 1620 g/mol. The van der Waals surface area contributed by atoms with E-state index in [1.807, 2.05) is 58.0 Å². The quantitative estimate of drug-likeness (QED) is 0.0366. The van der Waals surface area contributed by atoms with E-state index in [-0.39, 0.29) is 81.2 Å². The molecule has 0 fully saturated rings. The van der Waals surface area contributed by atoms with Gasteiger partial charge in [0.1, 0.15) is 11.6 Å². The average molecular weight is 1620 g/mol. The zero-order valence-corrected chi connectivity index (χ0v) is 65.1. The van der Waals surface area contributed by atoms with Gasteiger partial charge in [-0.15, -0.1) is 0 Å². The van der Waals surface area contributed by atoms with Gasteiger partial charge >= 0.3 is 0 Å². The highest BCUT2D eigenvalue weighted by Crippen LogP contribution is 2.33. The first-order valence-corrected chi connectivity index (χ1v) is 40.6. The zero-order valence-electron chi connectivity index (χ0n) is 58.8. The maximum absolute atomic E-state index is 14.0. The van der Waals surface area contributed by atoms with Crippen LogP contribution < -0.4 is 23.8 Å². The van der Waals surface area contributed by atoms with Crippen molar-refractivity contribution >= 4 is 144 Å². The fraction of sp³-hybridized carbons (Fsp3) is 0.0723. The minimum atomic E-state index is -3.94. The Bertz CT molecular complexity index is 5820. The number of anilines is 5. The van der Waals surface area contributed by atoms with Crippen LogP contribution in [0.25, 0.3) is 0 Å². The predicted molar refractivity (Wildman–Crippen MR) is 434 cm³/mol. The number of rotatable bonds is 22. The Morgan fingerprint density at radius 1 is 0.349 bits per heavy atom. The van der Waals surface area contributed by atoms with Gasteiger partial charge in [-0.3, -0.25) is 33.3 Å². The SMILES string of the molecule is C=S(=O)(Nc1ccc(Cl)cc1C(=O)c1ccccc1)c1ccc(N(C)C)cc1.CCc1ccc(S(=O)(=O)Nc2ccc(Cl)cc2C(=O)c2ccccc2F)cc1.Cc1ccc(S(=O)(=O)Nc2ccc(Cl)cc2C(=O)c2ccccc2)cc1.Cc1ccc(S(=O)(=O)Nc2ccc(Cl)cc2C(=O)c2ccccc2F)cc1. The van der Waals surface area contributed by atoms with Crippen LogP contribution in [0.1, 0.15) is 87.3 Å². The summed E-state index contributed by atoms with van der Waals surface area (Å²) in [4.78, 5) is 54.1. The summed E-state index contributed by atoms with van der Waals surface area (Å²) in [5.74, 6) is 0.616. The average Bonchev–Trinajstić information content (AvgIpc) is 0.810. The number of benzene rings is 12. The molecule has 0 aliphatic heterocycles. The molecule has 558 valence electrons. The molecule has 0 saturated carbocycles. The van der Waals surface area contributed by atoms with Gasteiger partial charge in [-0.05, 0) is 189 Å². The van der Waals surface area contributed by atoms with Crippen molar-refractivity contribution in [2.24, 2.45) is 0 Å². The number of nitrogens with one attached hydrogen (secondary N) is 4. The molecule has 16 nitrogen and oxygen atoms in total. The second-order valence-electron chi connectivity index (χ2n) is 24.4. The molecule has 26 heteroatoms. The highest BCUT2D eigenvalue weighted by Gasteiger charge is 2.26. The fourth-order valence-electron chi connectivity index (χ4n) is 10.4. The summed E-state index contributed by atoms with van der Waals surface area (Å²) < 4.78 is 128. The second kappa shape index (κ2) is 36.4. The molecule has 12 rings (SSSR count). The molecule has 1 unspecified atom stereocenters. The lowest BCUT2D eigenvalue weighted by molar-refractivity contribution is 0.102. The van der Waals surface area contributed by atoms with Gasteiger partial charge in [-0.1, -0.05) is 186 Å². The van der Waals surface area contributed by atoms with Crippen LogP contribution in [-0.4, -0.2) is 72.6 Å². The van der Waals surface area contributed by atoms with Gasteiger partial charge in [-0.25, -0.2) is 38.2 Å². The molecule has 12 aromatic carbocycles. The van der Waals surface area contributed by atoms with Crippen molar-refractivity contribution in [2.45, 2.75) is 46.8 Å². The van der Waals surface area contributed by atoms with E-state index in [9.17, 15) is 57.4 Å². The van der Waals surface area contributed by atoms with Gasteiger partial charge < -0.3 is 9.62 Å². The Hall–Kier alpha value is -10.8. The van der Waals surface area contributed by atoms with Crippen LogP contribution in [0, 0.1) is 25.5 Å². The van der Waals surface area contributed by atoms with E-state index >= 15 is 0 Å². The number of sulfonamides is 3. The lowest BCUT2D eigenvalue weighted by atomic mass is 10.0. The van der Waals surface area contributed by atoms with Crippen LogP contribution in [-0.2, 0) is 46.2 Å². The highest BCUT2D eigenvalue weighted by molar-refractivity contribution is 8.01. The molecule has 109 heavy (non-hydrogen) atoms. The first-order valence-electron chi connectivity index (χ1n) is 32.9. The lowest BCUT2D eigenvalue weighted by Crippen LogP contribution is -2.16. The smallest absolute Gasteiger partial charge is 0.261 e. The minimum absolute atomic E-state index is 0.0215. The molecule has 1 atom stereocenters. The van der Waals surface area contributed by atoms with Gasteiger partial charge in [0, 0.05) is 78.1 Å². The first kappa shape index (κ1) is 82.3. The normalized spacial score (nSPS) is 11.6. The Kier molecular flexibility index (Phi) is 27.5. The van der Waals surface area contributed by atoms with Crippen LogP contribution in [0.5, 0.6) is 0 Å². The Morgan fingerprint density at radius 2 is 0.633 bits per heavy atom. The zero-order chi connectivity index (χ0) is 79.0. The van der Waals surface area contributed by atoms with Crippen LogP contribution in [0.3, 0.4) is 0 Å². The van der Waals surface area contributed by atoms with Crippen molar-refractivity contribution in [3.63, 3.8) is 0 Å². The second-order valence-corrected chi connectivity index (χ2v) is 33.2. The summed E-state index contributed by atoms with van der Waals surface area (Å²) in [6.07, 6.45) is 0.784. The number of hydrogen-bond donors (Lipinski definition) is 4. The molecule has 0 aliphatic carbocycles. The molecule has 0 radical (unpaired) electrons. The predicted octanol–water partition coefficient (Wildman–Crippen LogP) is 19.3. The number of ketones is 4. The topological polar surface area (TPSA) is 239 Å². The highest BCUT2D eigenvalue weighted by atomic mass is 35.5. The van der Waals surface area contributed by atoms with Crippen molar-refractivity contribution in [3.8, 4) is 0 Å². The summed E-state index contributed by atoms with van der Waals surface area (Å²) in [7, 11) is -10.7. The maximum Gasteiger partial charge on any atom is 0.261 e. The Morgan fingerprint density at radius 3 is 0.945 bits per heavy atom. The molecule has 0 saturated heterocycles. The Labute approximate surface area is 652 Å². The number of aryl methyl sites for hydroxylation is 3. The molecule has 0 aliphatic rings. The van der Waals surface area contributed by atoms with E-state index in [2.05, 4.69) is 24.8 Å². The van der Waals surface area contributed by atoms with Crippen molar-refractivity contribution in [1.82, 2.24) is 0 Å². The van der Waals surface area contributed by atoms with Gasteiger partial charge in [-0.2, -0.15) is 0 Å². The van der Waals surface area contributed by atoms with E-state index in [0.29, 0.717) is 37.3 Å². The summed E-state index contributed by atoms with van der Waals surface area (Å²) in [6, 6.07) is 72.6. The lowest BCUT2D eigenvalue weighted by Gasteiger charge is -2.18. The molecule has 0 bridgehead atoms. The minimum Gasteiger partial charge on any atom is -0.378 e. The number of hydrogen-bond acceptors (Lipinski definition) is 12. The van der Waals surface area contributed by atoms with E-state index in [1.165, 1.54) is 127 Å². The molecular formula is C83H69Cl4F2N5O11S4. The maximum atomic E-state index is 14.0. The van der Waals surface area contributed by atoms with Gasteiger partial charge in [0.05, 0.1) is 58.3 Å². The third kappa shape index (κ3) is 21.8. The number of halogens is 6. The molecule has 12 aromatic rings. The summed E-state index contributed by atoms with van der Waals surface area (Å²) in [5, 5.41) is 1.24. The Balaban J connectivity index is 0.000000168. The first-order chi connectivity index (χ1) is 51.7. The van der Waals surface area contributed by atoms with Crippen LogP contribution in [0.15, 0.2) is 299 Å². The molecule has 0 heterocycles.